The van der Waals surface area contributed by atoms with E-state index < -0.39 is 0 Å². The number of imidazole rings is 1. The van der Waals surface area contributed by atoms with Gasteiger partial charge in [0.05, 0.1) is 22.3 Å². The van der Waals surface area contributed by atoms with Crippen LogP contribution in [0.2, 0.25) is 0 Å². The summed E-state index contributed by atoms with van der Waals surface area (Å²) in [5.41, 5.74) is 9.83. The maximum atomic E-state index is 11.3. The van der Waals surface area contributed by atoms with Crippen molar-refractivity contribution >= 4 is 11.0 Å². The Bertz CT molecular complexity index is 1960. The van der Waals surface area contributed by atoms with Crippen molar-refractivity contribution in [1.29, 1.82) is 0 Å². The Kier molecular flexibility index (Phi) is 6.34. The Balaban J connectivity index is 1.39. The lowest BCUT2D eigenvalue weighted by Gasteiger charge is -2.12. The summed E-state index contributed by atoms with van der Waals surface area (Å²) >= 11 is 0. The second-order valence-electron chi connectivity index (χ2n) is 10.1. The average molecular weight is 530 g/mol. The Morgan fingerprint density at radius 3 is 2.12 bits per heavy atom. The number of fused-ring (bicyclic) bond motifs is 1. The van der Waals surface area contributed by atoms with Crippen molar-refractivity contribution in [2.45, 2.75) is 6.42 Å². The second kappa shape index (κ2) is 10.6. The number of pyridine rings is 1. The first-order valence-corrected chi connectivity index (χ1v) is 13.7. The number of nitrogens with zero attached hydrogens (tertiary/aromatic N) is 3. The first-order valence-electron chi connectivity index (χ1n) is 13.7. The highest BCUT2D eigenvalue weighted by molar-refractivity contribution is 5.96. The zero-order valence-electron chi connectivity index (χ0n) is 22.4. The Morgan fingerprint density at radius 2 is 1.34 bits per heavy atom. The number of phenols is 1. The number of hydrogen-bond acceptors (Lipinski definition) is 3. The molecule has 5 aromatic carbocycles. The highest BCUT2D eigenvalue weighted by Crippen LogP contribution is 2.38. The molecule has 41 heavy (non-hydrogen) atoms. The fourth-order valence-electron chi connectivity index (χ4n) is 5.44. The van der Waals surface area contributed by atoms with E-state index in [9.17, 15) is 5.11 Å². The molecule has 0 amide bonds. The monoisotopic (exact) mass is 529 g/mol. The van der Waals surface area contributed by atoms with E-state index in [0.29, 0.717) is 11.4 Å². The molecule has 0 unspecified atom stereocenters. The van der Waals surface area contributed by atoms with Gasteiger partial charge in [0.1, 0.15) is 11.6 Å². The molecule has 1 N–H and O–H groups in total. The summed E-state index contributed by atoms with van der Waals surface area (Å²) in [6.07, 6.45) is 2.56. The van der Waals surface area contributed by atoms with E-state index in [0.717, 1.165) is 51.1 Å². The van der Waals surface area contributed by atoms with Crippen LogP contribution in [0, 0.1) is 0 Å². The van der Waals surface area contributed by atoms with Crippen LogP contribution in [0.3, 0.4) is 0 Å². The van der Waals surface area contributed by atoms with Crippen molar-refractivity contribution in [1.82, 2.24) is 14.5 Å². The maximum absolute atomic E-state index is 11.3. The van der Waals surface area contributed by atoms with Crippen LogP contribution in [0.5, 0.6) is 5.75 Å². The van der Waals surface area contributed by atoms with E-state index in [4.69, 9.17) is 4.98 Å². The highest BCUT2D eigenvalue weighted by atomic mass is 16.3. The van der Waals surface area contributed by atoms with Gasteiger partial charge in [0.15, 0.2) is 0 Å². The molecule has 2 aromatic heterocycles. The van der Waals surface area contributed by atoms with Crippen molar-refractivity contribution in [3.05, 3.63) is 157 Å². The van der Waals surface area contributed by atoms with E-state index in [-0.39, 0.29) is 5.75 Å². The van der Waals surface area contributed by atoms with Gasteiger partial charge in [0.2, 0.25) is 0 Å². The third-order valence-corrected chi connectivity index (χ3v) is 7.39. The van der Waals surface area contributed by atoms with Crippen LogP contribution < -0.4 is 0 Å². The van der Waals surface area contributed by atoms with Gasteiger partial charge in [-0.25, -0.2) is 4.98 Å². The Labute approximate surface area is 238 Å². The van der Waals surface area contributed by atoms with Gasteiger partial charge in [-0.2, -0.15) is 0 Å². The molecule has 196 valence electrons. The molecule has 0 aliphatic heterocycles. The summed E-state index contributed by atoms with van der Waals surface area (Å²) in [6.45, 7) is 0. The quantitative estimate of drug-likeness (QED) is 0.234. The molecule has 0 radical (unpaired) electrons. The van der Waals surface area contributed by atoms with Crippen LogP contribution >= 0.6 is 0 Å². The van der Waals surface area contributed by atoms with Gasteiger partial charge in [-0.3, -0.25) is 9.55 Å². The summed E-state index contributed by atoms with van der Waals surface area (Å²) in [5.74, 6) is 0.910. The van der Waals surface area contributed by atoms with Gasteiger partial charge in [0, 0.05) is 23.0 Å². The smallest absolute Gasteiger partial charge is 0.149 e. The van der Waals surface area contributed by atoms with Crippen LogP contribution in [-0.4, -0.2) is 19.6 Å². The minimum Gasteiger partial charge on any atom is -0.507 e. The molecular weight excluding hydrogens is 502 g/mol. The number of para-hydroxylation sites is 2. The molecule has 0 saturated carbocycles. The number of aromatic hydroxyl groups is 1. The number of aromatic nitrogens is 3. The third-order valence-electron chi connectivity index (χ3n) is 7.39. The molecular formula is C37H27N3O. The van der Waals surface area contributed by atoms with Gasteiger partial charge < -0.3 is 5.11 Å². The molecule has 0 atom stereocenters. The van der Waals surface area contributed by atoms with E-state index in [1.807, 2.05) is 72.9 Å². The highest BCUT2D eigenvalue weighted by Gasteiger charge is 2.20. The summed E-state index contributed by atoms with van der Waals surface area (Å²) in [4.78, 5) is 9.74. The lowest BCUT2D eigenvalue weighted by Crippen LogP contribution is -1.98. The van der Waals surface area contributed by atoms with Crippen molar-refractivity contribution in [3.63, 3.8) is 0 Å². The second-order valence-corrected chi connectivity index (χ2v) is 10.1. The first kappa shape index (κ1) is 24.6. The fourth-order valence-corrected chi connectivity index (χ4v) is 5.44. The van der Waals surface area contributed by atoms with E-state index in [1.165, 1.54) is 5.56 Å². The maximum Gasteiger partial charge on any atom is 0.149 e. The minimum absolute atomic E-state index is 0.213. The number of rotatable bonds is 6. The van der Waals surface area contributed by atoms with E-state index in [1.54, 1.807) is 0 Å². The van der Waals surface area contributed by atoms with Crippen LogP contribution in [-0.2, 0) is 6.42 Å². The zero-order chi connectivity index (χ0) is 27.6. The van der Waals surface area contributed by atoms with Crippen molar-refractivity contribution in [3.8, 4) is 45.2 Å². The molecule has 4 heteroatoms. The summed E-state index contributed by atoms with van der Waals surface area (Å²) in [5, 5.41) is 11.3. The van der Waals surface area contributed by atoms with E-state index >= 15 is 0 Å². The van der Waals surface area contributed by atoms with Gasteiger partial charge in [-0.05, 0) is 71.6 Å². The predicted molar refractivity (Wildman–Crippen MR) is 166 cm³/mol. The normalized spacial score (nSPS) is 11.1. The average Bonchev–Trinajstić information content (AvgIpc) is 3.42. The molecule has 0 saturated heterocycles. The standard InChI is InChI=1S/C37H27N3O/c41-35-24-27(23-26-11-3-1-4-12-26)20-21-32(35)37-39-36-31(17-10-19-34(36)40(37)30-15-5-2-6-16-30)28-13-9-14-29(25-28)33-18-7-8-22-38-33/h1-22,24-25,41H,23H2. The summed E-state index contributed by atoms with van der Waals surface area (Å²) < 4.78 is 2.13. The number of benzene rings is 5. The van der Waals surface area contributed by atoms with Crippen LogP contribution in [0.25, 0.3) is 50.5 Å². The van der Waals surface area contributed by atoms with Crippen LogP contribution in [0.15, 0.2) is 146 Å². The van der Waals surface area contributed by atoms with Crippen LogP contribution in [0.4, 0.5) is 0 Å². The SMILES string of the molecule is Oc1cc(Cc2ccccc2)ccc1-c1nc2c(-c3cccc(-c4ccccn4)c3)cccc2n1-c1ccccc1. The van der Waals surface area contributed by atoms with Crippen molar-refractivity contribution in [2.24, 2.45) is 0 Å². The minimum atomic E-state index is 0.213. The summed E-state index contributed by atoms with van der Waals surface area (Å²) in [7, 11) is 0. The fraction of sp³-hybridized carbons (Fsp3) is 0.0270. The van der Waals surface area contributed by atoms with Crippen molar-refractivity contribution < 1.29 is 5.11 Å². The lowest BCUT2D eigenvalue weighted by atomic mass is 10.0. The predicted octanol–water partition coefficient (Wildman–Crippen LogP) is 8.72. The molecule has 0 aliphatic rings. The van der Waals surface area contributed by atoms with Gasteiger partial charge in [-0.15, -0.1) is 0 Å². The van der Waals surface area contributed by atoms with Gasteiger partial charge in [0.25, 0.3) is 0 Å². The first-order chi connectivity index (χ1) is 20.2. The zero-order valence-corrected chi connectivity index (χ0v) is 22.4. The molecule has 7 rings (SSSR count). The van der Waals surface area contributed by atoms with Crippen molar-refractivity contribution in [2.75, 3.05) is 0 Å². The molecule has 7 aromatic rings. The lowest BCUT2D eigenvalue weighted by molar-refractivity contribution is 0.476. The molecule has 0 aliphatic carbocycles. The Hall–Kier alpha value is -5.48. The molecule has 2 heterocycles. The molecule has 0 bridgehead atoms. The molecule has 4 nitrogen and oxygen atoms in total. The third kappa shape index (κ3) is 4.77. The number of hydrogen-bond donors (Lipinski definition) is 1. The summed E-state index contributed by atoms with van der Waals surface area (Å²) in [6, 6.07) is 47.0. The van der Waals surface area contributed by atoms with Gasteiger partial charge in [-0.1, -0.05) is 91.0 Å². The Morgan fingerprint density at radius 1 is 0.585 bits per heavy atom. The topological polar surface area (TPSA) is 50.9 Å². The van der Waals surface area contributed by atoms with E-state index in [2.05, 4.69) is 82.3 Å². The van der Waals surface area contributed by atoms with Crippen LogP contribution in [0.1, 0.15) is 11.1 Å². The molecule has 0 spiro atoms. The number of phenolic OH excluding ortho intramolecular Hbond substituents is 1. The van der Waals surface area contributed by atoms with Gasteiger partial charge >= 0.3 is 0 Å². The molecule has 0 fully saturated rings. The largest absolute Gasteiger partial charge is 0.507 e.